The van der Waals surface area contributed by atoms with Crippen LogP contribution in [0.25, 0.3) is 0 Å². The zero-order chi connectivity index (χ0) is 27.4. The van der Waals surface area contributed by atoms with E-state index in [4.69, 9.17) is 6.42 Å². The van der Waals surface area contributed by atoms with Crippen LogP contribution in [0, 0.1) is 17.8 Å². The van der Waals surface area contributed by atoms with Crippen molar-refractivity contribution in [1.29, 1.82) is 0 Å². The highest BCUT2D eigenvalue weighted by Crippen LogP contribution is 2.27. The van der Waals surface area contributed by atoms with Crippen molar-refractivity contribution < 1.29 is 14.7 Å². The first-order chi connectivity index (χ1) is 17.3. The zero-order valence-electron chi connectivity index (χ0n) is 22.6. The number of hydrogen-bond donors (Lipinski definition) is 5. The summed E-state index contributed by atoms with van der Waals surface area (Å²) in [7, 11) is 0. The van der Waals surface area contributed by atoms with Gasteiger partial charge in [0.15, 0.2) is 0 Å². The SMILES string of the molecule is C#Cc1ccc(CNC=O)cc1.CC.CC(C)(CCN1CCNCC1)CC(=O)N1CCC(O)C1.NN. The normalized spacial score (nSPS) is 17.2. The summed E-state index contributed by atoms with van der Waals surface area (Å²) in [6.45, 7) is 15.6. The molecule has 1 unspecified atom stereocenters. The summed E-state index contributed by atoms with van der Waals surface area (Å²) in [6, 6.07) is 7.49. The fourth-order valence-corrected chi connectivity index (χ4v) is 3.85. The Bertz CT molecular complexity index is 758. The molecule has 0 radical (unpaired) electrons. The molecule has 2 heterocycles. The van der Waals surface area contributed by atoms with Crippen molar-refractivity contribution in [3.8, 4) is 12.3 Å². The second kappa shape index (κ2) is 19.7. The minimum atomic E-state index is -0.317. The number of nitrogens with two attached hydrogens (primary N) is 2. The van der Waals surface area contributed by atoms with E-state index in [2.05, 4.69) is 47.0 Å². The molecule has 2 amide bonds. The Kier molecular flexibility index (Phi) is 18.3. The average molecular weight is 505 g/mol. The Morgan fingerprint density at radius 1 is 1.22 bits per heavy atom. The molecule has 1 aromatic rings. The highest BCUT2D eigenvalue weighted by molar-refractivity contribution is 5.77. The molecule has 36 heavy (non-hydrogen) atoms. The van der Waals surface area contributed by atoms with Crippen molar-refractivity contribution in [1.82, 2.24) is 20.4 Å². The van der Waals surface area contributed by atoms with Gasteiger partial charge in [-0.15, -0.1) is 6.42 Å². The molecule has 0 aromatic heterocycles. The van der Waals surface area contributed by atoms with Gasteiger partial charge in [-0.1, -0.05) is 45.7 Å². The Balaban J connectivity index is 0.000000655. The van der Waals surface area contributed by atoms with Gasteiger partial charge in [-0.3, -0.25) is 21.3 Å². The number of hydrazine groups is 1. The Labute approximate surface area is 217 Å². The van der Waals surface area contributed by atoms with E-state index < -0.39 is 0 Å². The number of amides is 2. The van der Waals surface area contributed by atoms with Crippen LogP contribution in [0.3, 0.4) is 0 Å². The van der Waals surface area contributed by atoms with Crippen LogP contribution < -0.4 is 22.3 Å². The van der Waals surface area contributed by atoms with Gasteiger partial charge < -0.3 is 25.5 Å². The van der Waals surface area contributed by atoms with Gasteiger partial charge in [0, 0.05) is 57.8 Å². The molecule has 9 heteroatoms. The predicted octanol–water partition coefficient (Wildman–Crippen LogP) is 1.05. The molecule has 0 spiro atoms. The van der Waals surface area contributed by atoms with Crippen LogP contribution in [0.2, 0.25) is 0 Å². The molecule has 2 fully saturated rings. The number of likely N-dealkylation sites (tertiary alicyclic amines) is 1. The first-order valence-corrected chi connectivity index (χ1v) is 12.8. The van der Waals surface area contributed by atoms with E-state index in [1.165, 1.54) is 0 Å². The molecule has 9 nitrogen and oxygen atoms in total. The van der Waals surface area contributed by atoms with Crippen molar-refractivity contribution >= 4 is 12.3 Å². The van der Waals surface area contributed by atoms with Gasteiger partial charge in [0.25, 0.3) is 0 Å². The summed E-state index contributed by atoms with van der Waals surface area (Å²) in [6.07, 6.45) is 7.91. The Hall–Kier alpha value is -2.48. The molecule has 3 rings (SSSR count). The van der Waals surface area contributed by atoms with Crippen LogP contribution in [0.1, 0.15) is 58.1 Å². The lowest BCUT2D eigenvalue weighted by molar-refractivity contribution is -0.132. The fraction of sp³-hybridized carbons (Fsp3) is 0.630. The number of β-amino-alcohol motifs (C(OH)–C–C–N with tert-alkyl or cyclic N) is 1. The van der Waals surface area contributed by atoms with Gasteiger partial charge in [-0.05, 0) is 42.5 Å². The molecule has 1 aromatic carbocycles. The van der Waals surface area contributed by atoms with Crippen molar-refractivity contribution in [2.75, 3.05) is 45.8 Å². The van der Waals surface area contributed by atoms with Gasteiger partial charge in [0.2, 0.25) is 12.3 Å². The molecule has 2 saturated heterocycles. The lowest BCUT2D eigenvalue weighted by Crippen LogP contribution is -2.44. The predicted molar refractivity (Wildman–Crippen MR) is 147 cm³/mol. The van der Waals surface area contributed by atoms with Gasteiger partial charge in [-0.2, -0.15) is 0 Å². The molecule has 0 aliphatic carbocycles. The number of aliphatic hydroxyl groups excluding tert-OH is 1. The van der Waals surface area contributed by atoms with E-state index in [0.29, 0.717) is 32.5 Å². The quantitative estimate of drug-likeness (QED) is 0.154. The zero-order valence-corrected chi connectivity index (χ0v) is 22.6. The number of hydrogen-bond acceptors (Lipinski definition) is 7. The van der Waals surface area contributed by atoms with Crippen LogP contribution in [0.5, 0.6) is 0 Å². The number of nitrogens with one attached hydrogen (secondary N) is 2. The molecule has 1 atom stereocenters. The second-order valence-corrected chi connectivity index (χ2v) is 9.30. The third-order valence-electron chi connectivity index (χ3n) is 5.97. The van der Waals surface area contributed by atoms with Crippen LogP contribution in [-0.2, 0) is 16.1 Å². The lowest BCUT2D eigenvalue weighted by atomic mass is 9.85. The van der Waals surface area contributed by atoms with E-state index in [1.54, 1.807) is 0 Å². The lowest BCUT2D eigenvalue weighted by Gasteiger charge is -2.32. The van der Waals surface area contributed by atoms with Crippen LogP contribution in [0.15, 0.2) is 24.3 Å². The maximum absolute atomic E-state index is 12.2. The molecule has 0 saturated carbocycles. The highest BCUT2D eigenvalue weighted by atomic mass is 16.3. The summed E-state index contributed by atoms with van der Waals surface area (Å²) in [4.78, 5) is 26.5. The fourth-order valence-electron chi connectivity index (χ4n) is 3.85. The number of rotatable bonds is 8. The van der Waals surface area contributed by atoms with Crippen molar-refractivity contribution in [2.45, 2.75) is 59.6 Å². The largest absolute Gasteiger partial charge is 0.391 e. The molecule has 204 valence electrons. The smallest absolute Gasteiger partial charge is 0.223 e. The van der Waals surface area contributed by atoms with E-state index >= 15 is 0 Å². The number of terminal acetylenes is 1. The number of carbonyl (C=O) groups is 2. The maximum Gasteiger partial charge on any atom is 0.223 e. The number of benzene rings is 1. The first-order valence-electron chi connectivity index (χ1n) is 12.8. The number of nitrogens with zero attached hydrogens (tertiary/aromatic N) is 2. The molecular formula is C27H48N6O3. The molecule has 0 bridgehead atoms. The van der Waals surface area contributed by atoms with Gasteiger partial charge in [0.1, 0.15) is 0 Å². The second-order valence-electron chi connectivity index (χ2n) is 9.30. The van der Waals surface area contributed by atoms with Gasteiger partial charge in [0.05, 0.1) is 6.10 Å². The number of piperazine rings is 1. The Morgan fingerprint density at radius 3 is 2.33 bits per heavy atom. The summed E-state index contributed by atoms with van der Waals surface area (Å²) >= 11 is 0. The maximum atomic E-state index is 12.2. The molecule has 2 aliphatic rings. The van der Waals surface area contributed by atoms with E-state index in [0.717, 1.165) is 56.7 Å². The average Bonchev–Trinajstić information content (AvgIpc) is 3.36. The van der Waals surface area contributed by atoms with Crippen LogP contribution in [-0.4, -0.2) is 79.1 Å². The van der Waals surface area contributed by atoms with E-state index in [-0.39, 0.29) is 17.4 Å². The summed E-state index contributed by atoms with van der Waals surface area (Å²) in [5, 5.41) is 15.4. The minimum Gasteiger partial charge on any atom is -0.391 e. The van der Waals surface area contributed by atoms with Crippen molar-refractivity contribution in [3.05, 3.63) is 35.4 Å². The number of aliphatic hydroxyl groups is 1. The van der Waals surface area contributed by atoms with Crippen molar-refractivity contribution in [2.24, 2.45) is 17.1 Å². The molecular weight excluding hydrogens is 456 g/mol. The highest BCUT2D eigenvalue weighted by Gasteiger charge is 2.29. The van der Waals surface area contributed by atoms with Crippen LogP contribution in [0.4, 0.5) is 0 Å². The van der Waals surface area contributed by atoms with Gasteiger partial charge >= 0.3 is 0 Å². The summed E-state index contributed by atoms with van der Waals surface area (Å²) in [5.74, 6) is 10.7. The van der Waals surface area contributed by atoms with E-state index in [9.17, 15) is 14.7 Å². The van der Waals surface area contributed by atoms with E-state index in [1.807, 2.05) is 43.0 Å². The number of carbonyl (C=O) groups excluding carboxylic acids is 2. The molecule has 7 N–H and O–H groups in total. The third kappa shape index (κ3) is 14.2. The first kappa shape index (κ1) is 33.5. The summed E-state index contributed by atoms with van der Waals surface area (Å²) < 4.78 is 0. The Morgan fingerprint density at radius 2 is 1.83 bits per heavy atom. The van der Waals surface area contributed by atoms with Gasteiger partial charge in [-0.25, -0.2) is 0 Å². The topological polar surface area (TPSA) is 137 Å². The minimum absolute atomic E-state index is 0.0372. The van der Waals surface area contributed by atoms with Crippen LogP contribution >= 0.6 is 0 Å². The molecule has 2 aliphatic heterocycles. The van der Waals surface area contributed by atoms with Crippen molar-refractivity contribution in [3.63, 3.8) is 0 Å². The standard InChI is InChI=1S/C15H29N3O2.C10H9NO.C2H6.H4N2/c1-15(2,4-8-17-9-5-16-6-10-17)11-14(20)18-7-3-13(19)12-18;1-2-9-3-5-10(6-4-9)7-11-8-12;2*1-2/h13,16,19H,3-12H2,1-2H3;1,3-6,8H,7H2,(H,11,12);1-2H3;1-2H2. The third-order valence-corrected chi connectivity index (χ3v) is 5.97. The monoisotopic (exact) mass is 504 g/mol. The summed E-state index contributed by atoms with van der Waals surface area (Å²) in [5.41, 5.74) is 1.93.